The lowest BCUT2D eigenvalue weighted by molar-refractivity contribution is -0.141. The van der Waals surface area contributed by atoms with Gasteiger partial charge in [0.2, 0.25) is 0 Å². The Morgan fingerprint density at radius 2 is 0.305 bits per heavy atom. The molecular weight excluding hydrogens is 1060 g/mol. The maximum atomic E-state index is 12.3. The molecule has 488 valence electrons. The summed E-state index contributed by atoms with van der Waals surface area (Å²) in [5, 5.41) is 40.1. The standard InChI is InChI=1S/C42H82O4S.C30H58O4S/c1-5-7-9-11-13-15-17-19-21-23-25-27-29-31-33-35-37-41(3,39(43)44)47-42(4,40(45)46)38-36-34-32-30-28-26-24-22-20-18-16-14-12-10-8-6-2;1-5-7-9-11-13-15-17-19-21-23-25-29(3,27(31)32)35-30(4,28(33)34)26-24-22-20-18-16-14-12-10-8-6-2/h5-38H2,1-4H3,(H,43,44)(H,45,46);5-26H2,1-4H3,(H,31,32)(H,33,34). The van der Waals surface area contributed by atoms with Gasteiger partial charge < -0.3 is 20.4 Å². The number of rotatable bonds is 64. The van der Waals surface area contributed by atoms with Crippen LogP contribution in [0.4, 0.5) is 0 Å². The molecule has 10 heteroatoms. The molecule has 0 bridgehead atoms. The summed E-state index contributed by atoms with van der Waals surface area (Å²) in [6.07, 6.45) is 67.7. The van der Waals surface area contributed by atoms with E-state index in [0.717, 1.165) is 77.0 Å². The predicted octanol–water partition coefficient (Wildman–Crippen LogP) is 24.7. The highest BCUT2D eigenvalue weighted by atomic mass is 32.2. The van der Waals surface area contributed by atoms with E-state index in [0.29, 0.717) is 25.7 Å². The number of thioether (sulfide) groups is 2. The fourth-order valence-electron chi connectivity index (χ4n) is 11.7. The molecule has 0 aromatic rings. The quantitative estimate of drug-likeness (QED) is 0.0434. The van der Waals surface area contributed by atoms with Crippen LogP contribution in [0.1, 0.15) is 415 Å². The summed E-state index contributed by atoms with van der Waals surface area (Å²) >= 11 is 2.36. The van der Waals surface area contributed by atoms with Crippen LogP contribution in [0.3, 0.4) is 0 Å². The summed E-state index contributed by atoms with van der Waals surface area (Å²) in [6, 6.07) is 0. The molecule has 0 radical (unpaired) electrons. The third-order valence-corrected chi connectivity index (χ3v) is 21.1. The topological polar surface area (TPSA) is 149 Å². The zero-order chi connectivity index (χ0) is 61.3. The van der Waals surface area contributed by atoms with Gasteiger partial charge in [-0.2, -0.15) is 0 Å². The van der Waals surface area contributed by atoms with E-state index in [1.54, 1.807) is 27.7 Å². The van der Waals surface area contributed by atoms with Gasteiger partial charge in [0, 0.05) is 0 Å². The molecule has 0 aromatic carbocycles. The molecule has 0 aliphatic heterocycles. The van der Waals surface area contributed by atoms with Crippen LogP contribution in [-0.2, 0) is 19.2 Å². The highest BCUT2D eigenvalue weighted by Gasteiger charge is 2.46. The van der Waals surface area contributed by atoms with Crippen molar-refractivity contribution in [3.63, 3.8) is 0 Å². The van der Waals surface area contributed by atoms with Gasteiger partial charge in [-0.1, -0.05) is 362 Å². The molecule has 4 N–H and O–H groups in total. The summed E-state index contributed by atoms with van der Waals surface area (Å²) < 4.78 is -4.21. The number of carboxylic acids is 4. The number of hydrogen-bond acceptors (Lipinski definition) is 6. The van der Waals surface area contributed by atoms with Gasteiger partial charge in [-0.25, -0.2) is 0 Å². The smallest absolute Gasteiger partial charge is 0.319 e. The summed E-state index contributed by atoms with van der Waals surface area (Å²) in [5.41, 5.74) is 0. The van der Waals surface area contributed by atoms with E-state index < -0.39 is 42.9 Å². The molecule has 0 amide bonds. The van der Waals surface area contributed by atoms with Gasteiger partial charge in [-0.3, -0.25) is 19.2 Å². The van der Waals surface area contributed by atoms with Crippen molar-refractivity contribution in [1.29, 1.82) is 0 Å². The van der Waals surface area contributed by atoms with Gasteiger partial charge in [0.05, 0.1) is 0 Å². The molecule has 0 saturated heterocycles. The average Bonchev–Trinajstić information content (AvgIpc) is 3.55. The lowest BCUT2D eigenvalue weighted by Crippen LogP contribution is -2.42. The van der Waals surface area contributed by atoms with Crippen LogP contribution in [0, 0.1) is 0 Å². The molecular formula is C72H140O8S2. The van der Waals surface area contributed by atoms with Crippen LogP contribution < -0.4 is 0 Å². The highest BCUT2D eigenvalue weighted by molar-refractivity contribution is 8.03. The minimum atomic E-state index is -1.06. The summed E-state index contributed by atoms with van der Waals surface area (Å²) in [6.45, 7) is 16.0. The first-order chi connectivity index (χ1) is 39.4. The molecule has 0 aliphatic rings. The molecule has 82 heavy (non-hydrogen) atoms. The molecule has 0 heterocycles. The van der Waals surface area contributed by atoms with E-state index >= 15 is 0 Å². The molecule has 0 aromatic heterocycles. The first-order valence-electron chi connectivity index (χ1n) is 35.8. The molecule has 8 nitrogen and oxygen atoms in total. The van der Waals surface area contributed by atoms with Crippen molar-refractivity contribution in [3.05, 3.63) is 0 Å². The Morgan fingerprint density at radius 1 is 0.207 bits per heavy atom. The van der Waals surface area contributed by atoms with Crippen molar-refractivity contribution in [2.24, 2.45) is 0 Å². The minimum Gasteiger partial charge on any atom is -0.480 e. The number of unbranched alkanes of at least 4 members (excludes halogenated alkanes) is 48. The zero-order valence-electron chi connectivity index (χ0n) is 55.8. The number of aliphatic carboxylic acids is 4. The minimum absolute atomic E-state index is 0.532. The van der Waals surface area contributed by atoms with Crippen molar-refractivity contribution in [1.82, 2.24) is 0 Å². The second-order valence-corrected chi connectivity index (χ2v) is 30.3. The third kappa shape index (κ3) is 48.7. The van der Waals surface area contributed by atoms with E-state index in [-0.39, 0.29) is 0 Å². The molecule has 4 atom stereocenters. The van der Waals surface area contributed by atoms with Crippen LogP contribution in [0.5, 0.6) is 0 Å². The largest absolute Gasteiger partial charge is 0.480 e. The monoisotopic (exact) mass is 1200 g/mol. The van der Waals surface area contributed by atoms with Crippen molar-refractivity contribution in [3.8, 4) is 0 Å². The van der Waals surface area contributed by atoms with Gasteiger partial charge >= 0.3 is 23.9 Å². The highest BCUT2D eigenvalue weighted by Crippen LogP contribution is 2.45. The van der Waals surface area contributed by atoms with Crippen molar-refractivity contribution >= 4 is 47.4 Å². The fourth-order valence-corrected chi connectivity index (χ4v) is 15.0. The van der Waals surface area contributed by atoms with E-state index in [1.807, 2.05) is 0 Å². The second kappa shape index (κ2) is 57.3. The second-order valence-electron chi connectivity index (χ2n) is 26.3. The fraction of sp³-hybridized carbons (Fsp3) is 0.944. The van der Waals surface area contributed by atoms with E-state index in [4.69, 9.17) is 0 Å². The Balaban J connectivity index is 0. The van der Waals surface area contributed by atoms with Crippen LogP contribution in [0.25, 0.3) is 0 Å². The average molecular weight is 1200 g/mol. The molecule has 0 saturated carbocycles. The molecule has 0 spiro atoms. The maximum Gasteiger partial charge on any atom is 0.319 e. The van der Waals surface area contributed by atoms with Crippen molar-refractivity contribution in [2.75, 3.05) is 0 Å². The predicted molar refractivity (Wildman–Crippen MR) is 361 cm³/mol. The van der Waals surface area contributed by atoms with Crippen molar-refractivity contribution in [2.45, 2.75) is 434 Å². The Morgan fingerprint density at radius 3 is 0.402 bits per heavy atom. The van der Waals surface area contributed by atoms with Gasteiger partial charge in [0.25, 0.3) is 0 Å². The van der Waals surface area contributed by atoms with Gasteiger partial charge in [-0.15, -0.1) is 23.5 Å². The summed E-state index contributed by atoms with van der Waals surface area (Å²) in [4.78, 5) is 48.9. The van der Waals surface area contributed by atoms with Crippen LogP contribution in [-0.4, -0.2) is 63.3 Å². The molecule has 4 unspecified atom stereocenters. The Kier molecular flexibility index (Phi) is 57.8. The van der Waals surface area contributed by atoms with Crippen LogP contribution in [0.15, 0.2) is 0 Å². The van der Waals surface area contributed by atoms with Crippen molar-refractivity contribution < 1.29 is 39.6 Å². The first kappa shape index (κ1) is 82.6. The van der Waals surface area contributed by atoms with E-state index in [9.17, 15) is 39.6 Å². The summed E-state index contributed by atoms with van der Waals surface area (Å²) in [5.74, 6) is -3.51. The van der Waals surface area contributed by atoms with Gasteiger partial charge in [-0.05, 0) is 53.4 Å². The number of carbonyl (C=O) groups is 4. The molecule has 0 aliphatic carbocycles. The third-order valence-electron chi connectivity index (χ3n) is 17.7. The maximum absolute atomic E-state index is 12.3. The lowest BCUT2D eigenvalue weighted by atomic mass is 9.99. The van der Waals surface area contributed by atoms with E-state index in [1.165, 1.54) is 280 Å². The Hall–Kier alpha value is -1.42. The first-order valence-corrected chi connectivity index (χ1v) is 37.4. The zero-order valence-corrected chi connectivity index (χ0v) is 57.5. The van der Waals surface area contributed by atoms with Crippen LogP contribution >= 0.6 is 23.5 Å². The summed E-state index contributed by atoms with van der Waals surface area (Å²) in [7, 11) is 0. The van der Waals surface area contributed by atoms with E-state index in [2.05, 4.69) is 27.7 Å². The normalized spacial score (nSPS) is 14.5. The van der Waals surface area contributed by atoms with Crippen LogP contribution in [0.2, 0.25) is 0 Å². The number of carboxylic acid groups (broad SMARTS) is 4. The molecule has 0 fully saturated rings. The number of hydrogen-bond donors (Lipinski definition) is 4. The Labute approximate surface area is 518 Å². The lowest BCUT2D eigenvalue weighted by Gasteiger charge is -2.34. The van der Waals surface area contributed by atoms with Gasteiger partial charge in [0.15, 0.2) is 0 Å². The molecule has 0 rings (SSSR count). The SMILES string of the molecule is CCCCCCCCCCCCC(C)(SC(C)(CCCCCCCCCCCC)C(=O)O)C(=O)O.CCCCCCCCCCCCCCCCCCC(C)(SC(C)(CCCCCCCCCCCCCCCCCC)C(=O)O)C(=O)O. The van der Waals surface area contributed by atoms with Gasteiger partial charge in [0.1, 0.15) is 19.0 Å². The Bertz CT molecular complexity index is 1360.